The molecular formula is C22H31N5O3. The fourth-order valence-electron chi connectivity index (χ4n) is 4.16. The van der Waals surface area contributed by atoms with Gasteiger partial charge in [-0.3, -0.25) is 9.59 Å². The summed E-state index contributed by atoms with van der Waals surface area (Å²) in [6.45, 7) is 11.1. The van der Waals surface area contributed by atoms with Crippen molar-refractivity contribution in [3.8, 4) is 0 Å². The van der Waals surface area contributed by atoms with Crippen LogP contribution in [0.4, 0.5) is 0 Å². The first kappa shape index (κ1) is 20.8. The predicted octanol–water partition coefficient (Wildman–Crippen LogP) is 2.60. The van der Waals surface area contributed by atoms with Gasteiger partial charge in [0.25, 0.3) is 11.8 Å². The van der Waals surface area contributed by atoms with Crippen molar-refractivity contribution < 1.29 is 14.3 Å². The molecule has 2 amide bonds. The average Bonchev–Trinajstić information content (AvgIpc) is 3.42. The van der Waals surface area contributed by atoms with Gasteiger partial charge in [-0.05, 0) is 38.7 Å². The van der Waals surface area contributed by atoms with E-state index in [0.29, 0.717) is 38.3 Å². The first-order valence-electron chi connectivity index (χ1n) is 10.9. The van der Waals surface area contributed by atoms with E-state index >= 15 is 0 Å². The van der Waals surface area contributed by atoms with Crippen LogP contribution in [0.5, 0.6) is 0 Å². The highest BCUT2D eigenvalue weighted by atomic mass is 16.5. The number of hydrogen-bond acceptors (Lipinski definition) is 5. The molecular weight excluding hydrogens is 382 g/mol. The summed E-state index contributed by atoms with van der Waals surface area (Å²) in [6, 6.07) is 2.07. The van der Waals surface area contributed by atoms with Crippen LogP contribution in [0.25, 0.3) is 11.0 Å². The normalized spacial score (nSPS) is 20.0. The van der Waals surface area contributed by atoms with Crippen LogP contribution in [0.1, 0.15) is 68.5 Å². The molecule has 4 rings (SSSR count). The van der Waals surface area contributed by atoms with Crippen LogP contribution < -0.4 is 0 Å². The maximum atomic E-state index is 13.4. The lowest BCUT2D eigenvalue weighted by Crippen LogP contribution is -2.52. The predicted molar refractivity (Wildman–Crippen MR) is 113 cm³/mol. The Morgan fingerprint density at radius 3 is 2.40 bits per heavy atom. The molecule has 2 aromatic rings. The van der Waals surface area contributed by atoms with Crippen LogP contribution in [0.15, 0.2) is 12.3 Å². The van der Waals surface area contributed by atoms with Crippen molar-refractivity contribution >= 4 is 22.8 Å². The van der Waals surface area contributed by atoms with Crippen LogP contribution >= 0.6 is 0 Å². The average molecular weight is 414 g/mol. The standard InChI is InChI=1S/C22H31N5O3/c1-14(2)18-12-16(17-13-23-27(15(3)4)20(17)24-18)21(28)25-7-9-26(10-8-25)22(29)19-6-5-11-30-19/h12-15,19H,5-11H2,1-4H3. The Hall–Kier alpha value is -2.48. The summed E-state index contributed by atoms with van der Waals surface area (Å²) in [5, 5.41) is 5.27. The van der Waals surface area contributed by atoms with Gasteiger partial charge in [0.1, 0.15) is 6.10 Å². The van der Waals surface area contributed by atoms with Crippen molar-refractivity contribution in [3.05, 3.63) is 23.5 Å². The van der Waals surface area contributed by atoms with Crippen molar-refractivity contribution in [1.82, 2.24) is 24.6 Å². The van der Waals surface area contributed by atoms with Gasteiger partial charge >= 0.3 is 0 Å². The van der Waals surface area contributed by atoms with Gasteiger partial charge in [-0.2, -0.15) is 5.10 Å². The Labute approximate surface area is 177 Å². The summed E-state index contributed by atoms with van der Waals surface area (Å²) in [7, 11) is 0. The lowest BCUT2D eigenvalue weighted by atomic mass is 10.0. The van der Waals surface area contributed by atoms with Crippen molar-refractivity contribution in [1.29, 1.82) is 0 Å². The molecule has 2 aliphatic heterocycles. The van der Waals surface area contributed by atoms with Crippen LogP contribution in [-0.4, -0.2) is 75.3 Å². The summed E-state index contributed by atoms with van der Waals surface area (Å²) in [4.78, 5) is 34.5. The van der Waals surface area contributed by atoms with Crippen LogP contribution in [-0.2, 0) is 9.53 Å². The minimum Gasteiger partial charge on any atom is -0.368 e. The number of ether oxygens (including phenoxy) is 1. The van der Waals surface area contributed by atoms with E-state index in [4.69, 9.17) is 9.72 Å². The zero-order valence-electron chi connectivity index (χ0n) is 18.3. The Balaban J connectivity index is 1.55. The van der Waals surface area contributed by atoms with Crippen molar-refractivity contribution in [3.63, 3.8) is 0 Å². The largest absolute Gasteiger partial charge is 0.368 e. The first-order valence-corrected chi connectivity index (χ1v) is 10.9. The zero-order chi connectivity index (χ0) is 21.4. The molecule has 162 valence electrons. The van der Waals surface area contributed by atoms with Crippen LogP contribution in [0.2, 0.25) is 0 Å². The molecule has 1 unspecified atom stereocenters. The minimum absolute atomic E-state index is 0.0168. The molecule has 8 heteroatoms. The lowest BCUT2D eigenvalue weighted by Gasteiger charge is -2.36. The molecule has 4 heterocycles. The van der Waals surface area contributed by atoms with E-state index in [0.717, 1.165) is 29.6 Å². The molecule has 0 radical (unpaired) electrons. The van der Waals surface area contributed by atoms with Gasteiger partial charge < -0.3 is 14.5 Å². The van der Waals surface area contributed by atoms with Crippen molar-refractivity contribution in [2.45, 2.75) is 58.6 Å². The molecule has 0 aliphatic carbocycles. The quantitative estimate of drug-likeness (QED) is 0.770. The summed E-state index contributed by atoms with van der Waals surface area (Å²) in [5.74, 6) is 0.250. The Morgan fingerprint density at radius 2 is 1.80 bits per heavy atom. The van der Waals surface area contributed by atoms with E-state index in [1.165, 1.54) is 0 Å². The first-order chi connectivity index (χ1) is 14.4. The van der Waals surface area contributed by atoms with Gasteiger partial charge in [0, 0.05) is 44.5 Å². The molecule has 2 aliphatic rings. The fourth-order valence-corrected chi connectivity index (χ4v) is 4.16. The molecule has 0 aromatic carbocycles. The van der Waals surface area contributed by atoms with E-state index in [2.05, 4.69) is 32.8 Å². The third-order valence-electron chi connectivity index (χ3n) is 5.98. The van der Waals surface area contributed by atoms with Crippen LogP contribution in [0, 0.1) is 0 Å². The zero-order valence-corrected chi connectivity index (χ0v) is 18.3. The lowest BCUT2D eigenvalue weighted by molar-refractivity contribution is -0.142. The second-order valence-electron chi connectivity index (χ2n) is 8.79. The number of fused-ring (bicyclic) bond motifs is 1. The number of pyridine rings is 1. The molecule has 1 atom stereocenters. The highest BCUT2D eigenvalue weighted by Gasteiger charge is 2.32. The van der Waals surface area contributed by atoms with Crippen molar-refractivity contribution in [2.24, 2.45) is 0 Å². The summed E-state index contributed by atoms with van der Waals surface area (Å²) >= 11 is 0. The number of carbonyl (C=O) groups is 2. The van der Waals surface area contributed by atoms with E-state index < -0.39 is 0 Å². The number of rotatable bonds is 4. The number of carbonyl (C=O) groups excluding carboxylic acids is 2. The van der Waals surface area contributed by atoms with Crippen LogP contribution in [0.3, 0.4) is 0 Å². The van der Waals surface area contributed by atoms with E-state index in [1.54, 1.807) is 6.20 Å². The third kappa shape index (κ3) is 3.80. The molecule has 30 heavy (non-hydrogen) atoms. The molecule has 2 fully saturated rings. The molecule has 2 aromatic heterocycles. The summed E-state index contributed by atoms with van der Waals surface area (Å²) in [6.07, 6.45) is 3.18. The molecule has 0 spiro atoms. The molecule has 0 N–H and O–H groups in total. The third-order valence-corrected chi connectivity index (χ3v) is 5.98. The van der Waals surface area contributed by atoms with Gasteiger partial charge in [0.15, 0.2) is 5.65 Å². The second-order valence-corrected chi connectivity index (χ2v) is 8.79. The Morgan fingerprint density at radius 1 is 1.10 bits per heavy atom. The summed E-state index contributed by atoms with van der Waals surface area (Å²) < 4.78 is 7.40. The molecule has 0 saturated carbocycles. The van der Waals surface area contributed by atoms with E-state index in [-0.39, 0.29) is 29.9 Å². The van der Waals surface area contributed by atoms with Gasteiger partial charge in [0.2, 0.25) is 0 Å². The van der Waals surface area contributed by atoms with E-state index in [1.807, 2.05) is 20.5 Å². The molecule has 0 bridgehead atoms. The smallest absolute Gasteiger partial charge is 0.254 e. The van der Waals surface area contributed by atoms with Gasteiger partial charge in [-0.25, -0.2) is 9.67 Å². The topological polar surface area (TPSA) is 80.6 Å². The van der Waals surface area contributed by atoms with Gasteiger partial charge in [-0.1, -0.05) is 13.8 Å². The number of nitrogens with zero attached hydrogens (tertiary/aromatic N) is 5. The maximum absolute atomic E-state index is 13.4. The highest BCUT2D eigenvalue weighted by molar-refractivity contribution is 6.05. The minimum atomic E-state index is -0.303. The second kappa shape index (κ2) is 8.34. The highest BCUT2D eigenvalue weighted by Crippen LogP contribution is 2.26. The summed E-state index contributed by atoms with van der Waals surface area (Å²) in [5.41, 5.74) is 2.29. The number of amides is 2. The number of hydrogen-bond donors (Lipinski definition) is 0. The van der Waals surface area contributed by atoms with Gasteiger partial charge in [0.05, 0.1) is 17.1 Å². The monoisotopic (exact) mass is 413 g/mol. The SMILES string of the molecule is CC(C)c1cc(C(=O)N2CCN(C(=O)C3CCCO3)CC2)c2cnn(C(C)C)c2n1. The molecule has 2 saturated heterocycles. The Kier molecular flexibility index (Phi) is 5.77. The van der Waals surface area contributed by atoms with Gasteiger partial charge in [-0.15, -0.1) is 0 Å². The number of aromatic nitrogens is 3. The molecule has 8 nitrogen and oxygen atoms in total. The fraction of sp³-hybridized carbons (Fsp3) is 0.636. The Bertz CT molecular complexity index is 938. The maximum Gasteiger partial charge on any atom is 0.254 e. The van der Waals surface area contributed by atoms with Crippen molar-refractivity contribution in [2.75, 3.05) is 32.8 Å². The van der Waals surface area contributed by atoms with E-state index in [9.17, 15) is 9.59 Å². The number of piperazine rings is 1.